The first-order valence-electron chi connectivity index (χ1n) is 8.37. The number of hydrogen-bond donors (Lipinski definition) is 0. The van der Waals surface area contributed by atoms with Gasteiger partial charge >= 0.3 is 5.97 Å². The van der Waals surface area contributed by atoms with Gasteiger partial charge in [-0.25, -0.2) is 9.78 Å². The number of ether oxygens (including phenoxy) is 2. The highest BCUT2D eigenvalue weighted by molar-refractivity contribution is 6.04. The van der Waals surface area contributed by atoms with E-state index in [1.807, 2.05) is 62.4 Å². The van der Waals surface area contributed by atoms with Crippen LogP contribution in [0.5, 0.6) is 5.75 Å². The molecule has 0 saturated carbocycles. The summed E-state index contributed by atoms with van der Waals surface area (Å²) in [5.41, 5.74) is 2.96. The van der Waals surface area contributed by atoms with Gasteiger partial charge in [0.25, 0.3) is 0 Å². The summed E-state index contributed by atoms with van der Waals surface area (Å²) in [5.74, 6) is 0.462. The third kappa shape index (κ3) is 3.63. The molecule has 0 radical (unpaired) electrons. The van der Waals surface area contributed by atoms with Gasteiger partial charge in [0.15, 0.2) is 0 Å². The molecule has 1 atom stereocenters. The molecule has 0 spiro atoms. The fourth-order valence-electron chi connectivity index (χ4n) is 2.58. The van der Waals surface area contributed by atoms with Crippen LogP contribution in [-0.4, -0.2) is 24.2 Å². The molecule has 0 saturated heterocycles. The Morgan fingerprint density at radius 1 is 1.12 bits per heavy atom. The van der Waals surface area contributed by atoms with E-state index in [9.17, 15) is 4.79 Å². The van der Waals surface area contributed by atoms with Gasteiger partial charge in [-0.3, -0.25) is 0 Å². The summed E-state index contributed by atoms with van der Waals surface area (Å²) in [7, 11) is 1.63. The van der Waals surface area contributed by atoms with Gasteiger partial charge in [0.2, 0.25) is 0 Å². The van der Waals surface area contributed by atoms with Crippen molar-refractivity contribution < 1.29 is 14.3 Å². The highest BCUT2D eigenvalue weighted by Gasteiger charge is 2.17. The molecule has 0 N–H and O–H groups in total. The number of carbonyl (C=O) groups excluding carboxylic acids is 1. The Labute approximate surface area is 147 Å². The lowest BCUT2D eigenvalue weighted by atomic mass is 10.0. The van der Waals surface area contributed by atoms with Crippen molar-refractivity contribution in [3.63, 3.8) is 0 Å². The Kier molecular flexibility index (Phi) is 4.98. The molecular formula is C21H21NO3. The quantitative estimate of drug-likeness (QED) is 0.624. The standard InChI is InChI=1S/C21H21NO3/c1-4-14(2)25-21(23)18-13-20(15-9-11-16(24-3)12-10-15)22-19-8-6-5-7-17(18)19/h5-14H,4H2,1-3H3. The molecule has 4 heteroatoms. The van der Waals surface area contributed by atoms with E-state index in [1.54, 1.807) is 13.2 Å². The molecule has 4 nitrogen and oxygen atoms in total. The van der Waals surface area contributed by atoms with Gasteiger partial charge in [0.05, 0.1) is 30.0 Å². The Balaban J connectivity index is 2.09. The van der Waals surface area contributed by atoms with Crippen molar-refractivity contribution in [2.45, 2.75) is 26.4 Å². The second-order valence-corrected chi connectivity index (χ2v) is 5.92. The van der Waals surface area contributed by atoms with Gasteiger partial charge in [0.1, 0.15) is 5.75 Å². The van der Waals surface area contributed by atoms with E-state index in [4.69, 9.17) is 14.5 Å². The fraction of sp³-hybridized carbons (Fsp3) is 0.238. The summed E-state index contributed by atoms with van der Waals surface area (Å²) in [6, 6.07) is 17.0. The van der Waals surface area contributed by atoms with Gasteiger partial charge in [0, 0.05) is 10.9 Å². The predicted molar refractivity (Wildman–Crippen MR) is 98.9 cm³/mol. The van der Waals surface area contributed by atoms with Gasteiger partial charge in [-0.1, -0.05) is 25.1 Å². The molecule has 0 amide bonds. The van der Waals surface area contributed by atoms with Crippen molar-refractivity contribution >= 4 is 16.9 Å². The van der Waals surface area contributed by atoms with Crippen LogP contribution in [0.25, 0.3) is 22.2 Å². The molecule has 0 aliphatic rings. The average molecular weight is 335 g/mol. The van der Waals surface area contributed by atoms with E-state index in [1.165, 1.54) is 0 Å². The van der Waals surface area contributed by atoms with Crippen molar-refractivity contribution in [1.29, 1.82) is 0 Å². The summed E-state index contributed by atoms with van der Waals surface area (Å²) in [4.78, 5) is 17.3. The van der Waals surface area contributed by atoms with E-state index in [0.29, 0.717) is 5.56 Å². The number of nitrogens with zero attached hydrogens (tertiary/aromatic N) is 1. The highest BCUT2D eigenvalue weighted by atomic mass is 16.5. The van der Waals surface area contributed by atoms with Crippen LogP contribution in [0.3, 0.4) is 0 Å². The smallest absolute Gasteiger partial charge is 0.339 e. The molecule has 1 unspecified atom stereocenters. The minimum Gasteiger partial charge on any atom is -0.497 e. The van der Waals surface area contributed by atoms with E-state index in [-0.39, 0.29) is 12.1 Å². The van der Waals surface area contributed by atoms with Crippen molar-refractivity contribution in [1.82, 2.24) is 4.98 Å². The Bertz CT molecular complexity index is 887. The van der Waals surface area contributed by atoms with E-state index in [0.717, 1.165) is 34.3 Å². The minimum absolute atomic E-state index is 0.121. The second-order valence-electron chi connectivity index (χ2n) is 5.92. The molecule has 0 fully saturated rings. The largest absolute Gasteiger partial charge is 0.497 e. The predicted octanol–water partition coefficient (Wildman–Crippen LogP) is 4.87. The molecule has 128 valence electrons. The maximum atomic E-state index is 12.6. The molecule has 25 heavy (non-hydrogen) atoms. The van der Waals surface area contributed by atoms with Crippen LogP contribution in [0.15, 0.2) is 54.6 Å². The number of esters is 1. The number of fused-ring (bicyclic) bond motifs is 1. The zero-order valence-electron chi connectivity index (χ0n) is 14.7. The second kappa shape index (κ2) is 7.34. The summed E-state index contributed by atoms with van der Waals surface area (Å²) in [6.07, 6.45) is 0.656. The van der Waals surface area contributed by atoms with E-state index < -0.39 is 0 Å². The first kappa shape index (κ1) is 17.0. The maximum absolute atomic E-state index is 12.6. The van der Waals surface area contributed by atoms with Crippen LogP contribution >= 0.6 is 0 Å². The van der Waals surface area contributed by atoms with Crippen LogP contribution in [0.4, 0.5) is 0 Å². The van der Waals surface area contributed by atoms with Crippen LogP contribution in [0, 0.1) is 0 Å². The van der Waals surface area contributed by atoms with E-state index in [2.05, 4.69) is 0 Å². The summed E-state index contributed by atoms with van der Waals surface area (Å²) >= 11 is 0. The van der Waals surface area contributed by atoms with Crippen molar-refractivity contribution in [2.24, 2.45) is 0 Å². The molecular weight excluding hydrogens is 314 g/mol. The normalized spacial score (nSPS) is 12.0. The average Bonchev–Trinajstić information content (AvgIpc) is 2.67. The Morgan fingerprint density at radius 2 is 1.84 bits per heavy atom. The molecule has 0 aliphatic carbocycles. The van der Waals surface area contributed by atoms with E-state index >= 15 is 0 Å². The number of para-hydroxylation sites is 1. The van der Waals surface area contributed by atoms with Gasteiger partial charge in [-0.15, -0.1) is 0 Å². The van der Waals surface area contributed by atoms with Gasteiger partial charge in [-0.05, 0) is 49.7 Å². The maximum Gasteiger partial charge on any atom is 0.339 e. The molecule has 3 rings (SSSR count). The number of methoxy groups -OCH3 is 1. The minimum atomic E-state index is -0.317. The molecule has 2 aromatic carbocycles. The molecule has 1 aromatic heterocycles. The first-order valence-corrected chi connectivity index (χ1v) is 8.37. The lowest BCUT2D eigenvalue weighted by Crippen LogP contribution is -2.14. The number of aromatic nitrogens is 1. The number of benzene rings is 2. The SMILES string of the molecule is CCC(C)OC(=O)c1cc(-c2ccc(OC)cc2)nc2ccccc12. The van der Waals surface area contributed by atoms with Crippen LogP contribution < -0.4 is 4.74 Å². The molecule has 3 aromatic rings. The zero-order valence-corrected chi connectivity index (χ0v) is 14.7. The molecule has 0 bridgehead atoms. The van der Waals surface area contributed by atoms with Crippen LogP contribution in [0.1, 0.15) is 30.6 Å². The lowest BCUT2D eigenvalue weighted by molar-refractivity contribution is 0.0337. The van der Waals surface area contributed by atoms with Crippen LogP contribution in [-0.2, 0) is 4.74 Å². The Hall–Kier alpha value is -2.88. The van der Waals surface area contributed by atoms with Crippen molar-refractivity contribution in [3.8, 4) is 17.0 Å². The number of carbonyl (C=O) groups is 1. The third-order valence-electron chi connectivity index (χ3n) is 4.21. The third-order valence-corrected chi connectivity index (χ3v) is 4.21. The lowest BCUT2D eigenvalue weighted by Gasteiger charge is -2.13. The number of hydrogen-bond acceptors (Lipinski definition) is 4. The number of pyridine rings is 1. The molecule has 1 heterocycles. The van der Waals surface area contributed by atoms with Gasteiger partial charge in [-0.2, -0.15) is 0 Å². The fourth-order valence-corrected chi connectivity index (χ4v) is 2.58. The van der Waals surface area contributed by atoms with Crippen molar-refractivity contribution in [3.05, 3.63) is 60.2 Å². The first-order chi connectivity index (χ1) is 12.1. The highest BCUT2D eigenvalue weighted by Crippen LogP contribution is 2.27. The summed E-state index contributed by atoms with van der Waals surface area (Å²) in [5, 5.41) is 0.799. The van der Waals surface area contributed by atoms with Gasteiger partial charge < -0.3 is 9.47 Å². The summed E-state index contributed by atoms with van der Waals surface area (Å²) < 4.78 is 10.7. The topological polar surface area (TPSA) is 48.4 Å². The zero-order chi connectivity index (χ0) is 17.8. The molecule has 0 aliphatic heterocycles. The Morgan fingerprint density at radius 3 is 2.52 bits per heavy atom. The number of rotatable bonds is 5. The summed E-state index contributed by atoms with van der Waals surface area (Å²) in [6.45, 7) is 3.89. The monoisotopic (exact) mass is 335 g/mol. The van der Waals surface area contributed by atoms with Crippen LogP contribution in [0.2, 0.25) is 0 Å². The van der Waals surface area contributed by atoms with Crippen molar-refractivity contribution in [2.75, 3.05) is 7.11 Å².